The van der Waals surface area contributed by atoms with Crippen LogP contribution >= 0.6 is 11.6 Å². The van der Waals surface area contributed by atoms with Crippen molar-refractivity contribution in [3.8, 4) is 0 Å². The van der Waals surface area contributed by atoms with Crippen molar-refractivity contribution in [3.63, 3.8) is 0 Å². The first-order valence-electron chi connectivity index (χ1n) is 21.3. The van der Waals surface area contributed by atoms with Gasteiger partial charge < -0.3 is 40.0 Å². The number of hydrogen-bond acceptors (Lipinski definition) is 16. The van der Waals surface area contributed by atoms with E-state index in [9.17, 15) is 28.8 Å². The number of ketones is 1. The van der Waals surface area contributed by atoms with Crippen LogP contribution in [0.3, 0.4) is 0 Å². The molecule has 6 aromatic rings. The Hall–Kier alpha value is -6.71. The summed E-state index contributed by atoms with van der Waals surface area (Å²) in [5.74, 6) is 0.345. The fraction of sp³-hybridized carbons (Fsp3) is 0.391. The predicted molar refractivity (Wildman–Crippen MR) is 257 cm³/mol. The number of aromatic nitrogens is 6. The van der Waals surface area contributed by atoms with Crippen LogP contribution in [-0.2, 0) is 33.2 Å². The number of fused-ring (bicyclic) bond motifs is 3. The van der Waals surface area contributed by atoms with Crippen molar-refractivity contribution in [1.82, 2.24) is 45.0 Å². The van der Waals surface area contributed by atoms with E-state index in [1.54, 1.807) is 30.3 Å². The molecule has 0 amide bonds. The number of alkyl halides is 1. The van der Waals surface area contributed by atoms with E-state index in [0.29, 0.717) is 80.0 Å². The number of aromatic amines is 3. The van der Waals surface area contributed by atoms with Gasteiger partial charge >= 0.3 is 11.9 Å². The molecule has 20 nitrogen and oxygen atoms in total. The van der Waals surface area contributed by atoms with Crippen molar-refractivity contribution in [2.24, 2.45) is 0 Å². The number of nitrogens with zero attached hydrogens (tertiary/aromatic N) is 5. The van der Waals surface area contributed by atoms with Gasteiger partial charge in [-0.15, -0.1) is 11.6 Å². The van der Waals surface area contributed by atoms with E-state index < -0.39 is 18.5 Å². The number of rotatable bonds is 15. The minimum absolute atomic E-state index is 0.105. The van der Waals surface area contributed by atoms with Crippen LogP contribution in [0.4, 0.5) is 0 Å². The molecule has 6 N–H and O–H groups in total. The molecule has 0 radical (unpaired) electrons. The number of benzene rings is 3. The largest absolute Gasteiger partial charge is 0.483 e. The lowest BCUT2D eigenvalue weighted by molar-refractivity contribution is -0.122. The molecule has 21 heteroatoms. The third-order valence-corrected chi connectivity index (χ3v) is 9.99. The van der Waals surface area contributed by atoms with Crippen LogP contribution in [0, 0.1) is 0 Å². The second kappa shape index (κ2) is 29.7. The highest BCUT2D eigenvalue weighted by molar-refractivity contribution is 6.16. The van der Waals surface area contributed by atoms with Gasteiger partial charge in [0.1, 0.15) is 24.1 Å². The van der Waals surface area contributed by atoms with Gasteiger partial charge in [-0.2, -0.15) is 0 Å². The Balaban J connectivity index is 0.000000320. The van der Waals surface area contributed by atoms with Crippen molar-refractivity contribution in [2.45, 2.75) is 60.5 Å². The van der Waals surface area contributed by atoms with Gasteiger partial charge in [-0.3, -0.25) is 33.8 Å². The summed E-state index contributed by atoms with van der Waals surface area (Å²) in [5.41, 5.74) is 1.80. The first-order valence-corrected chi connectivity index (χ1v) is 21.9. The van der Waals surface area contributed by atoms with E-state index in [1.807, 2.05) is 13.8 Å². The molecule has 0 saturated heterocycles. The van der Waals surface area contributed by atoms with Crippen LogP contribution in [0.1, 0.15) is 90.1 Å². The summed E-state index contributed by atoms with van der Waals surface area (Å²) in [5, 5.41) is 20.2. The topological polar surface area (TPSA) is 283 Å². The van der Waals surface area contributed by atoms with Crippen molar-refractivity contribution in [2.75, 3.05) is 60.1 Å². The van der Waals surface area contributed by atoms with Gasteiger partial charge in [0.2, 0.25) is 0 Å². The number of hydrogen-bond donors (Lipinski definition) is 6. The Morgan fingerprint density at radius 3 is 1.25 bits per heavy atom. The monoisotopic (exact) mass is 949 g/mol. The molecule has 3 heterocycles. The number of ether oxygens (including phenoxy) is 2. The highest BCUT2D eigenvalue weighted by Crippen LogP contribution is 2.15. The van der Waals surface area contributed by atoms with Crippen LogP contribution in [0.25, 0.3) is 32.7 Å². The number of nitrogens with one attached hydrogen (secondary N) is 4. The van der Waals surface area contributed by atoms with Crippen molar-refractivity contribution >= 4 is 68.5 Å². The Kier molecular flexibility index (Phi) is 25.1. The molecule has 362 valence electrons. The van der Waals surface area contributed by atoms with Gasteiger partial charge in [0, 0.05) is 5.56 Å². The second-order valence-corrected chi connectivity index (χ2v) is 14.2. The zero-order valence-corrected chi connectivity index (χ0v) is 39.8. The smallest absolute Gasteiger partial charge is 0.337 e. The lowest BCUT2D eigenvalue weighted by Crippen LogP contribution is -2.25. The number of aliphatic hydroxyl groups is 1. The number of methoxy groups -OCH3 is 2. The quantitative estimate of drug-likeness (QED) is 0.0363. The number of Topliss-reactive ketones (excluding diaryl/α,β-unsaturated/α-hetero) is 1. The number of carbonyl (C=O) groups excluding carboxylic acids is 3. The Morgan fingerprint density at radius 1 is 0.627 bits per heavy atom. The summed E-state index contributed by atoms with van der Waals surface area (Å²) < 4.78 is 9.28. The molecule has 0 aliphatic carbocycles. The molecule has 0 spiro atoms. The van der Waals surface area contributed by atoms with Crippen molar-refractivity contribution in [1.29, 1.82) is 0 Å². The molecule has 3 aromatic heterocycles. The van der Waals surface area contributed by atoms with Gasteiger partial charge in [-0.25, -0.2) is 24.5 Å². The first-order chi connectivity index (χ1) is 32.1. The van der Waals surface area contributed by atoms with E-state index >= 15 is 0 Å². The Morgan fingerprint density at radius 2 is 0.955 bits per heavy atom. The molecule has 0 aliphatic rings. The standard InChI is InChI=1S/2C15H19N3O3.C11H9ClN2O3.C4H11N.CH2O2/c1-4-18(5-2)9-13-16-12-8-10(15(20)21-3)6-7-11(12)14(19)17-13;1-3-18(4-2)8-14-16-12-7-10(13(20)9-19)5-6-11(12)15(21)17-14;1-17-11(16)6-2-3-7-8(4-6)13-9(5-12)14-10(7)15;1-3-5-4-2;2-1-3/h6-8H,4-5,9H2,1-3H3,(H,16,17,19);5-7,19H,3-4,8-9H2,1-2H3,(H,16,17,21);2-4H,5H2,1H3,(H,13,14,15);5H,3-4H2,1-2H3;1H,(H,2,3). The van der Waals surface area contributed by atoms with Crippen molar-refractivity contribution < 1.29 is 38.9 Å². The molecule has 0 fully saturated rings. The lowest BCUT2D eigenvalue weighted by atomic mass is 10.1. The number of esters is 2. The number of aliphatic hydroxyl groups excluding tert-OH is 1. The molecule has 6 rings (SSSR count). The number of H-pyrrole nitrogens is 3. The van der Waals surface area contributed by atoms with E-state index in [0.717, 1.165) is 39.3 Å². The molecule has 0 unspecified atom stereocenters. The van der Waals surface area contributed by atoms with Crippen LogP contribution in [0.15, 0.2) is 69.0 Å². The van der Waals surface area contributed by atoms with E-state index in [-0.39, 0.29) is 34.8 Å². The lowest BCUT2D eigenvalue weighted by Gasteiger charge is -2.17. The van der Waals surface area contributed by atoms with E-state index in [2.05, 4.69) is 82.2 Å². The zero-order chi connectivity index (χ0) is 50.1. The van der Waals surface area contributed by atoms with Crippen LogP contribution in [0.5, 0.6) is 0 Å². The molecule has 3 aromatic carbocycles. The summed E-state index contributed by atoms with van der Waals surface area (Å²) in [6, 6.07) is 13.9. The normalized spacial score (nSPS) is 10.4. The summed E-state index contributed by atoms with van der Waals surface area (Å²) in [7, 11) is 2.62. The van der Waals surface area contributed by atoms with Gasteiger partial charge in [0.25, 0.3) is 23.2 Å². The Bertz CT molecular complexity index is 2610. The average molecular weight is 950 g/mol. The fourth-order valence-corrected chi connectivity index (χ4v) is 6.23. The number of halogens is 1. The zero-order valence-electron chi connectivity index (χ0n) is 39.0. The Labute approximate surface area is 391 Å². The SMILES string of the molecule is CCN(CC)Cc1nc2cc(C(=O)CO)ccc2c(=O)[nH]1.CCN(CC)Cc1nc2cc(C(=O)OC)ccc2c(=O)[nH]1.CCNCC.COC(=O)c1ccc2c(=O)[nH]c(CCl)nc2c1.O=CO. The molecular formula is C46H60ClN9O11. The maximum Gasteiger partial charge on any atom is 0.337 e. The predicted octanol–water partition coefficient (Wildman–Crippen LogP) is 4.26. The highest BCUT2D eigenvalue weighted by atomic mass is 35.5. The minimum Gasteiger partial charge on any atom is -0.483 e. The summed E-state index contributed by atoms with van der Waals surface area (Å²) >= 11 is 5.60. The molecule has 0 bridgehead atoms. The van der Waals surface area contributed by atoms with Crippen LogP contribution < -0.4 is 22.0 Å². The first kappa shape index (κ1) is 56.4. The third-order valence-electron chi connectivity index (χ3n) is 9.74. The molecule has 0 aliphatic heterocycles. The molecule has 0 atom stereocenters. The van der Waals surface area contributed by atoms with Gasteiger partial charge in [0.05, 0.1) is 77.0 Å². The maximum absolute atomic E-state index is 12.1. The number of carbonyl (C=O) groups is 4. The fourth-order valence-electron chi connectivity index (χ4n) is 6.10. The summed E-state index contributed by atoms with van der Waals surface area (Å²) in [4.78, 5) is 104. The van der Waals surface area contributed by atoms with Crippen LogP contribution in [-0.4, -0.2) is 134 Å². The molecular weight excluding hydrogens is 890 g/mol. The van der Waals surface area contributed by atoms with E-state index in [1.165, 1.54) is 38.5 Å². The minimum atomic E-state index is -0.555. The molecule has 67 heavy (non-hydrogen) atoms. The summed E-state index contributed by atoms with van der Waals surface area (Å²) in [6.07, 6.45) is 0. The van der Waals surface area contributed by atoms with Gasteiger partial charge in [0.15, 0.2) is 5.78 Å². The highest BCUT2D eigenvalue weighted by Gasteiger charge is 2.13. The van der Waals surface area contributed by atoms with Crippen molar-refractivity contribution in [3.05, 3.63) is 120 Å². The average Bonchev–Trinajstić information content (AvgIpc) is 3.34. The summed E-state index contributed by atoms with van der Waals surface area (Å²) in [6.45, 7) is 18.4. The molecule has 0 saturated carbocycles. The third kappa shape index (κ3) is 17.2. The second-order valence-electron chi connectivity index (χ2n) is 13.9. The maximum atomic E-state index is 12.1. The van der Waals surface area contributed by atoms with Crippen LogP contribution in [0.2, 0.25) is 0 Å². The van der Waals surface area contributed by atoms with Gasteiger partial charge in [-0.05, 0) is 87.8 Å². The number of carboxylic acid groups (broad SMARTS) is 1. The van der Waals surface area contributed by atoms with Gasteiger partial charge in [-0.1, -0.05) is 47.6 Å². The van der Waals surface area contributed by atoms with E-state index in [4.69, 9.17) is 26.6 Å².